The number of imidazole rings is 1. The Kier molecular flexibility index (Phi) is 5.24. The van der Waals surface area contributed by atoms with E-state index in [1.807, 2.05) is 60.7 Å². The number of aromatic amines is 1. The van der Waals surface area contributed by atoms with Gasteiger partial charge in [0, 0.05) is 10.5 Å². The topological polar surface area (TPSA) is 83.3 Å². The number of para-hydroxylation sites is 2. The monoisotopic (exact) mass is 496 g/mol. The molecule has 2 aromatic carbocycles. The van der Waals surface area contributed by atoms with Crippen molar-refractivity contribution in [1.82, 2.24) is 15.3 Å². The van der Waals surface area contributed by atoms with Gasteiger partial charge in [-0.1, -0.05) is 28.1 Å². The quantitative estimate of drug-likeness (QED) is 0.340. The van der Waals surface area contributed by atoms with E-state index in [0.717, 1.165) is 26.3 Å². The lowest BCUT2D eigenvalue weighted by Crippen LogP contribution is -2.19. The summed E-state index contributed by atoms with van der Waals surface area (Å²) in [6.07, 6.45) is 1.72. The van der Waals surface area contributed by atoms with Gasteiger partial charge in [0.2, 0.25) is 0 Å². The maximum absolute atomic E-state index is 12.3. The third-order valence-corrected chi connectivity index (χ3v) is 6.39. The number of hydrogen-bond acceptors (Lipinski definition) is 6. The molecule has 0 saturated carbocycles. The SMILES string of the molecule is O=C1NC(=Nc2ccc(Br)cc2)S/C1=C\c1ccc(Sc2nc3ccccc3[nH]2)o1. The van der Waals surface area contributed by atoms with Crippen molar-refractivity contribution in [2.45, 2.75) is 10.2 Å². The van der Waals surface area contributed by atoms with Crippen molar-refractivity contribution in [2.24, 2.45) is 4.99 Å². The molecule has 1 amide bonds. The van der Waals surface area contributed by atoms with E-state index in [1.165, 1.54) is 23.5 Å². The molecule has 0 aliphatic carbocycles. The van der Waals surface area contributed by atoms with Gasteiger partial charge in [-0.25, -0.2) is 9.98 Å². The number of hydrogen-bond donors (Lipinski definition) is 2. The number of aliphatic imine (C=N–C) groups is 1. The Balaban J connectivity index is 1.31. The number of carbonyl (C=O) groups is 1. The molecule has 4 aromatic rings. The van der Waals surface area contributed by atoms with Crippen LogP contribution in [0.25, 0.3) is 17.1 Å². The molecule has 2 aromatic heterocycles. The molecule has 0 radical (unpaired) electrons. The first-order chi connectivity index (χ1) is 14.6. The minimum Gasteiger partial charge on any atom is -0.450 e. The van der Waals surface area contributed by atoms with Gasteiger partial charge >= 0.3 is 0 Å². The summed E-state index contributed by atoms with van der Waals surface area (Å²) in [5, 5.41) is 4.76. The van der Waals surface area contributed by atoms with E-state index in [1.54, 1.807) is 6.08 Å². The van der Waals surface area contributed by atoms with Gasteiger partial charge in [0.1, 0.15) is 5.76 Å². The summed E-state index contributed by atoms with van der Waals surface area (Å²) in [5.41, 5.74) is 2.65. The fraction of sp³-hybridized carbons (Fsp3) is 0. The van der Waals surface area contributed by atoms with Crippen LogP contribution in [0, 0.1) is 0 Å². The number of rotatable bonds is 4. The van der Waals surface area contributed by atoms with E-state index in [2.05, 4.69) is 36.2 Å². The van der Waals surface area contributed by atoms with Crippen molar-refractivity contribution >= 4 is 73.3 Å². The number of H-pyrrole nitrogens is 1. The number of thioether (sulfide) groups is 1. The van der Waals surface area contributed by atoms with Crippen LogP contribution in [0.4, 0.5) is 5.69 Å². The molecular weight excluding hydrogens is 484 g/mol. The molecule has 1 aliphatic rings. The minimum atomic E-state index is -0.196. The average molecular weight is 497 g/mol. The smallest absolute Gasteiger partial charge is 0.264 e. The Morgan fingerprint density at radius 1 is 1.10 bits per heavy atom. The van der Waals surface area contributed by atoms with Crippen LogP contribution < -0.4 is 5.32 Å². The molecule has 30 heavy (non-hydrogen) atoms. The fourth-order valence-corrected chi connectivity index (χ4v) is 4.64. The Labute approximate surface area is 188 Å². The van der Waals surface area contributed by atoms with Crippen molar-refractivity contribution in [3.8, 4) is 0 Å². The highest BCUT2D eigenvalue weighted by atomic mass is 79.9. The van der Waals surface area contributed by atoms with E-state index in [-0.39, 0.29) is 5.91 Å². The van der Waals surface area contributed by atoms with Crippen LogP contribution in [0.3, 0.4) is 0 Å². The van der Waals surface area contributed by atoms with Crippen LogP contribution in [0.5, 0.6) is 0 Å². The third-order valence-electron chi connectivity index (χ3n) is 4.15. The number of halogens is 1. The molecule has 0 atom stereocenters. The molecule has 1 fully saturated rings. The molecule has 0 unspecified atom stereocenters. The predicted octanol–water partition coefficient (Wildman–Crippen LogP) is 5.96. The van der Waals surface area contributed by atoms with Crippen molar-refractivity contribution in [2.75, 3.05) is 0 Å². The van der Waals surface area contributed by atoms with Crippen molar-refractivity contribution < 1.29 is 9.21 Å². The number of nitrogens with zero attached hydrogens (tertiary/aromatic N) is 2. The maximum atomic E-state index is 12.3. The molecule has 0 spiro atoms. The maximum Gasteiger partial charge on any atom is 0.264 e. The first-order valence-corrected chi connectivity index (χ1v) is 11.3. The number of furan rings is 1. The molecule has 5 rings (SSSR count). The second kappa shape index (κ2) is 8.17. The number of fused-ring (bicyclic) bond motifs is 1. The summed E-state index contributed by atoms with van der Waals surface area (Å²) >= 11 is 6.08. The number of benzene rings is 2. The molecule has 1 saturated heterocycles. The standard InChI is InChI=1S/C21H13BrN4O2S2/c22-12-5-7-13(8-6-12)23-20-26-19(27)17(29-20)11-14-9-10-18(28-14)30-21-24-15-3-1-2-4-16(15)25-21/h1-11H,(H,24,25)(H,23,26,27)/b17-11-. The van der Waals surface area contributed by atoms with Crippen molar-refractivity contribution in [3.05, 3.63) is 75.8 Å². The van der Waals surface area contributed by atoms with Crippen LogP contribution in [0.15, 0.2) is 89.7 Å². The van der Waals surface area contributed by atoms with Crippen LogP contribution in [-0.2, 0) is 4.79 Å². The Morgan fingerprint density at radius 2 is 1.93 bits per heavy atom. The molecular formula is C21H13BrN4O2S2. The lowest BCUT2D eigenvalue weighted by molar-refractivity contribution is -0.115. The third kappa shape index (κ3) is 4.23. The second-order valence-corrected chi connectivity index (χ2v) is 9.22. The van der Waals surface area contributed by atoms with Gasteiger partial charge in [0.25, 0.3) is 5.91 Å². The molecule has 3 heterocycles. The van der Waals surface area contributed by atoms with Crippen LogP contribution in [-0.4, -0.2) is 21.0 Å². The normalized spacial score (nSPS) is 16.6. The first-order valence-electron chi connectivity index (χ1n) is 8.90. The van der Waals surface area contributed by atoms with Gasteiger partial charge in [-0.05, 0) is 72.1 Å². The highest BCUT2D eigenvalue weighted by molar-refractivity contribution is 9.10. The van der Waals surface area contributed by atoms with Crippen LogP contribution in [0.2, 0.25) is 0 Å². The van der Waals surface area contributed by atoms with Gasteiger partial charge in [-0.2, -0.15) is 0 Å². The number of nitrogens with one attached hydrogen (secondary N) is 2. The van der Waals surface area contributed by atoms with Gasteiger partial charge < -0.3 is 14.7 Å². The number of aromatic nitrogens is 2. The molecule has 2 N–H and O–H groups in total. The van der Waals surface area contributed by atoms with E-state index in [4.69, 9.17) is 4.42 Å². The number of amides is 1. The van der Waals surface area contributed by atoms with Gasteiger partial charge in [-0.3, -0.25) is 4.79 Å². The number of amidine groups is 1. The van der Waals surface area contributed by atoms with Gasteiger partial charge in [0.05, 0.1) is 21.6 Å². The average Bonchev–Trinajstić information content (AvgIpc) is 3.43. The Bertz CT molecular complexity index is 1280. The van der Waals surface area contributed by atoms with E-state index >= 15 is 0 Å². The first kappa shape index (κ1) is 19.2. The van der Waals surface area contributed by atoms with E-state index in [9.17, 15) is 4.79 Å². The zero-order chi connectivity index (χ0) is 20.5. The van der Waals surface area contributed by atoms with Crippen molar-refractivity contribution in [3.63, 3.8) is 0 Å². The number of carbonyl (C=O) groups excluding carboxylic acids is 1. The highest BCUT2D eigenvalue weighted by Crippen LogP contribution is 2.32. The van der Waals surface area contributed by atoms with Crippen molar-refractivity contribution in [1.29, 1.82) is 0 Å². The lowest BCUT2D eigenvalue weighted by atomic mass is 10.3. The molecule has 148 valence electrons. The summed E-state index contributed by atoms with van der Waals surface area (Å²) in [6, 6.07) is 19.1. The van der Waals surface area contributed by atoms with E-state index in [0.29, 0.717) is 20.9 Å². The fourth-order valence-electron chi connectivity index (χ4n) is 2.78. The zero-order valence-corrected chi connectivity index (χ0v) is 18.5. The summed E-state index contributed by atoms with van der Waals surface area (Å²) in [7, 11) is 0. The molecule has 1 aliphatic heterocycles. The highest BCUT2D eigenvalue weighted by Gasteiger charge is 2.24. The summed E-state index contributed by atoms with van der Waals surface area (Å²) < 4.78 is 6.82. The Morgan fingerprint density at radius 3 is 2.77 bits per heavy atom. The Hall–Kier alpha value is -2.75. The molecule has 0 bridgehead atoms. The minimum absolute atomic E-state index is 0.196. The molecule has 6 nitrogen and oxygen atoms in total. The van der Waals surface area contributed by atoms with Crippen LogP contribution >= 0.6 is 39.5 Å². The van der Waals surface area contributed by atoms with E-state index < -0.39 is 0 Å². The lowest BCUT2D eigenvalue weighted by Gasteiger charge is -1.96. The predicted molar refractivity (Wildman–Crippen MR) is 124 cm³/mol. The van der Waals surface area contributed by atoms with Gasteiger partial charge in [0.15, 0.2) is 15.4 Å². The zero-order valence-electron chi connectivity index (χ0n) is 15.3. The van der Waals surface area contributed by atoms with Gasteiger partial charge in [-0.15, -0.1) is 0 Å². The summed E-state index contributed by atoms with van der Waals surface area (Å²) in [6.45, 7) is 0. The van der Waals surface area contributed by atoms with Crippen LogP contribution in [0.1, 0.15) is 5.76 Å². The summed E-state index contributed by atoms with van der Waals surface area (Å²) in [5.74, 6) is 0.398. The largest absolute Gasteiger partial charge is 0.450 e. The molecule has 9 heteroatoms. The second-order valence-electron chi connectivity index (χ2n) is 6.28. The summed E-state index contributed by atoms with van der Waals surface area (Å²) in [4.78, 5) is 25.1.